The zero-order valence-electron chi connectivity index (χ0n) is 8.35. The molecule has 0 bridgehead atoms. The number of nitrogens with one attached hydrogen (secondary N) is 1. The molecule has 1 aromatic rings. The van der Waals surface area contributed by atoms with Crippen molar-refractivity contribution in [2.75, 3.05) is 0 Å². The Labute approximate surface area is 81.7 Å². The molecule has 1 aliphatic rings. The largest absolute Gasteiger partial charge is 0.341 e. The zero-order chi connectivity index (χ0) is 10.3. The van der Waals surface area contributed by atoms with Gasteiger partial charge >= 0.3 is 0 Å². The molecule has 2 rings (SSSR count). The van der Waals surface area contributed by atoms with Crippen molar-refractivity contribution in [3.8, 4) is 0 Å². The third-order valence-electron chi connectivity index (χ3n) is 3.17. The average Bonchev–Trinajstić information content (AvgIpc) is 2.56. The number of imidazole rings is 1. The SMILES string of the molecule is CC1CCc2[nH]c(C(F)F)nc2C1C. The highest BCUT2D eigenvalue weighted by Crippen LogP contribution is 2.35. The quantitative estimate of drug-likeness (QED) is 0.741. The van der Waals surface area contributed by atoms with Gasteiger partial charge in [-0.1, -0.05) is 13.8 Å². The third-order valence-corrected chi connectivity index (χ3v) is 3.17. The lowest BCUT2D eigenvalue weighted by atomic mass is 9.82. The predicted octanol–water partition coefficient (Wildman–Crippen LogP) is 3.03. The van der Waals surface area contributed by atoms with Gasteiger partial charge in [-0.25, -0.2) is 13.8 Å². The molecule has 2 unspecified atom stereocenters. The second kappa shape index (κ2) is 3.33. The molecule has 1 heterocycles. The highest BCUT2D eigenvalue weighted by molar-refractivity contribution is 5.22. The van der Waals surface area contributed by atoms with E-state index in [9.17, 15) is 8.78 Å². The molecule has 78 valence electrons. The van der Waals surface area contributed by atoms with Gasteiger partial charge in [-0.2, -0.15) is 0 Å². The molecule has 4 heteroatoms. The number of aromatic amines is 1. The second-order valence-electron chi connectivity index (χ2n) is 4.09. The summed E-state index contributed by atoms with van der Waals surface area (Å²) in [5.41, 5.74) is 1.75. The van der Waals surface area contributed by atoms with Crippen molar-refractivity contribution in [1.29, 1.82) is 0 Å². The molecule has 0 radical (unpaired) electrons. The number of aromatic nitrogens is 2. The molecule has 0 saturated heterocycles. The summed E-state index contributed by atoms with van der Waals surface area (Å²) in [4.78, 5) is 6.70. The minimum Gasteiger partial charge on any atom is -0.341 e. The summed E-state index contributed by atoms with van der Waals surface area (Å²) in [5.74, 6) is 0.662. The zero-order valence-corrected chi connectivity index (χ0v) is 8.35. The van der Waals surface area contributed by atoms with Crippen LogP contribution in [-0.2, 0) is 6.42 Å². The van der Waals surface area contributed by atoms with Crippen molar-refractivity contribution in [2.45, 2.75) is 39.0 Å². The summed E-state index contributed by atoms with van der Waals surface area (Å²) in [6.07, 6.45) is -0.581. The highest BCUT2D eigenvalue weighted by atomic mass is 19.3. The maximum Gasteiger partial charge on any atom is 0.295 e. The fourth-order valence-electron chi connectivity index (χ4n) is 2.01. The summed E-state index contributed by atoms with van der Waals surface area (Å²) >= 11 is 0. The van der Waals surface area contributed by atoms with Crippen molar-refractivity contribution in [3.05, 3.63) is 17.2 Å². The van der Waals surface area contributed by atoms with Crippen LogP contribution in [0.25, 0.3) is 0 Å². The molecule has 0 aromatic carbocycles. The van der Waals surface area contributed by atoms with E-state index in [2.05, 4.69) is 23.8 Å². The number of alkyl halides is 2. The minimum atomic E-state index is -2.48. The van der Waals surface area contributed by atoms with E-state index < -0.39 is 6.43 Å². The molecule has 1 aromatic heterocycles. The van der Waals surface area contributed by atoms with E-state index in [0.717, 1.165) is 24.2 Å². The monoisotopic (exact) mass is 200 g/mol. The molecule has 1 aliphatic carbocycles. The predicted molar refractivity (Wildman–Crippen MR) is 49.4 cm³/mol. The van der Waals surface area contributed by atoms with Crippen LogP contribution in [0, 0.1) is 5.92 Å². The average molecular weight is 200 g/mol. The van der Waals surface area contributed by atoms with Crippen molar-refractivity contribution in [1.82, 2.24) is 9.97 Å². The molecule has 0 saturated carbocycles. The van der Waals surface area contributed by atoms with Crippen LogP contribution in [0.1, 0.15) is 49.8 Å². The van der Waals surface area contributed by atoms with Gasteiger partial charge in [0.2, 0.25) is 0 Å². The molecule has 0 amide bonds. The van der Waals surface area contributed by atoms with Gasteiger partial charge in [0.15, 0.2) is 5.82 Å². The lowest BCUT2D eigenvalue weighted by Gasteiger charge is -2.24. The number of fused-ring (bicyclic) bond motifs is 1. The van der Waals surface area contributed by atoms with Crippen LogP contribution in [-0.4, -0.2) is 9.97 Å². The van der Waals surface area contributed by atoms with E-state index in [1.165, 1.54) is 0 Å². The molecule has 14 heavy (non-hydrogen) atoms. The lowest BCUT2D eigenvalue weighted by molar-refractivity contribution is 0.141. The second-order valence-corrected chi connectivity index (χ2v) is 4.09. The molecule has 0 spiro atoms. The molecule has 1 N–H and O–H groups in total. The van der Waals surface area contributed by atoms with E-state index in [-0.39, 0.29) is 5.82 Å². The molecule has 2 atom stereocenters. The van der Waals surface area contributed by atoms with Gasteiger partial charge < -0.3 is 4.98 Å². The molecular formula is C10H14F2N2. The number of H-pyrrole nitrogens is 1. The Balaban J connectivity index is 2.36. The van der Waals surface area contributed by atoms with Crippen LogP contribution < -0.4 is 0 Å². The van der Waals surface area contributed by atoms with Gasteiger partial charge in [0, 0.05) is 11.6 Å². The summed E-state index contributed by atoms with van der Waals surface area (Å²) in [6, 6.07) is 0. The fraction of sp³-hybridized carbons (Fsp3) is 0.700. The highest BCUT2D eigenvalue weighted by Gasteiger charge is 2.27. The molecular weight excluding hydrogens is 186 g/mol. The maximum atomic E-state index is 12.4. The number of nitrogens with zero attached hydrogens (tertiary/aromatic N) is 1. The number of halogens is 2. The van der Waals surface area contributed by atoms with Crippen LogP contribution >= 0.6 is 0 Å². The Bertz CT molecular complexity index is 333. The van der Waals surface area contributed by atoms with E-state index >= 15 is 0 Å². The number of aryl methyl sites for hydroxylation is 1. The van der Waals surface area contributed by atoms with Crippen molar-refractivity contribution in [2.24, 2.45) is 5.92 Å². The van der Waals surface area contributed by atoms with Crippen LogP contribution in [0.2, 0.25) is 0 Å². The van der Waals surface area contributed by atoms with Gasteiger partial charge in [0.25, 0.3) is 6.43 Å². The Morgan fingerprint density at radius 2 is 2.14 bits per heavy atom. The summed E-state index contributed by atoms with van der Waals surface area (Å²) < 4.78 is 24.8. The normalized spacial score (nSPS) is 26.6. The number of hydrogen-bond acceptors (Lipinski definition) is 1. The smallest absolute Gasteiger partial charge is 0.295 e. The van der Waals surface area contributed by atoms with Crippen molar-refractivity contribution in [3.63, 3.8) is 0 Å². The van der Waals surface area contributed by atoms with Gasteiger partial charge in [-0.3, -0.25) is 0 Å². The Kier molecular flexibility index (Phi) is 2.29. The van der Waals surface area contributed by atoms with Crippen LogP contribution in [0.3, 0.4) is 0 Å². The minimum absolute atomic E-state index is 0.170. The first-order chi connectivity index (χ1) is 6.59. The molecule has 0 aliphatic heterocycles. The topological polar surface area (TPSA) is 28.7 Å². The lowest BCUT2D eigenvalue weighted by Crippen LogP contribution is -2.15. The van der Waals surface area contributed by atoms with E-state index in [0.29, 0.717) is 11.8 Å². The van der Waals surface area contributed by atoms with Crippen LogP contribution in [0.4, 0.5) is 8.78 Å². The fourth-order valence-corrected chi connectivity index (χ4v) is 2.01. The number of rotatable bonds is 1. The maximum absolute atomic E-state index is 12.4. The summed E-state index contributed by atoms with van der Waals surface area (Å²) in [7, 11) is 0. The van der Waals surface area contributed by atoms with Crippen molar-refractivity contribution >= 4 is 0 Å². The van der Waals surface area contributed by atoms with Crippen LogP contribution in [0.5, 0.6) is 0 Å². The number of hydrogen-bond donors (Lipinski definition) is 1. The summed E-state index contributed by atoms with van der Waals surface area (Å²) in [5, 5.41) is 0. The van der Waals surface area contributed by atoms with Gasteiger partial charge in [-0.15, -0.1) is 0 Å². The Morgan fingerprint density at radius 1 is 1.43 bits per heavy atom. The Morgan fingerprint density at radius 3 is 2.79 bits per heavy atom. The Hall–Kier alpha value is -0.930. The summed E-state index contributed by atoms with van der Waals surface area (Å²) in [6.45, 7) is 4.20. The van der Waals surface area contributed by atoms with Gasteiger partial charge in [0.05, 0.1) is 5.69 Å². The standard InChI is InChI=1S/C10H14F2N2/c1-5-3-4-7-8(6(5)2)14-10(13-7)9(11)12/h5-6,9H,3-4H2,1-2H3,(H,13,14). The van der Waals surface area contributed by atoms with Crippen LogP contribution in [0.15, 0.2) is 0 Å². The first-order valence-electron chi connectivity index (χ1n) is 4.96. The van der Waals surface area contributed by atoms with E-state index in [1.807, 2.05) is 0 Å². The molecule has 2 nitrogen and oxygen atoms in total. The van der Waals surface area contributed by atoms with E-state index in [1.54, 1.807) is 0 Å². The first-order valence-corrected chi connectivity index (χ1v) is 4.96. The van der Waals surface area contributed by atoms with Gasteiger partial charge in [-0.05, 0) is 18.8 Å². The van der Waals surface area contributed by atoms with E-state index in [4.69, 9.17) is 0 Å². The molecule has 0 fully saturated rings. The van der Waals surface area contributed by atoms with Crippen molar-refractivity contribution < 1.29 is 8.78 Å². The van der Waals surface area contributed by atoms with Gasteiger partial charge in [0.1, 0.15) is 0 Å². The first kappa shape index (κ1) is 9.62. The third kappa shape index (κ3) is 1.42.